The number of aryl methyl sites for hydroxylation is 2. The highest BCUT2D eigenvalue weighted by Crippen LogP contribution is 2.28. The molecule has 126 valence electrons. The third-order valence-electron chi connectivity index (χ3n) is 4.86. The molecule has 0 saturated carbocycles. The minimum Gasteiger partial charge on any atom is -0.370 e. The highest BCUT2D eigenvalue weighted by molar-refractivity contribution is 5.86. The molecule has 3 rings (SSSR count). The summed E-state index contributed by atoms with van der Waals surface area (Å²) in [6, 6.07) is 16.2. The first-order valence-corrected chi connectivity index (χ1v) is 8.95. The molecule has 1 atom stereocenters. The van der Waals surface area contributed by atoms with Gasteiger partial charge in [-0.2, -0.15) is 0 Å². The molecule has 0 fully saturated rings. The summed E-state index contributed by atoms with van der Waals surface area (Å²) in [6.45, 7) is 5.51. The summed E-state index contributed by atoms with van der Waals surface area (Å²) in [7, 11) is 0. The van der Waals surface area contributed by atoms with E-state index in [0.717, 1.165) is 30.8 Å². The molecule has 0 radical (unpaired) electrons. The zero-order valence-electron chi connectivity index (χ0n) is 14.6. The molecule has 0 spiro atoms. The minimum absolute atomic E-state index is 0.131. The zero-order chi connectivity index (χ0) is 16.9. The molecule has 2 aromatic rings. The molecule has 1 aliphatic carbocycles. The molecule has 2 aromatic carbocycles. The van der Waals surface area contributed by atoms with Crippen LogP contribution in [-0.4, -0.2) is 23.9 Å². The minimum atomic E-state index is -0.342. The number of hydrogen-bond acceptors (Lipinski definition) is 2. The second-order valence-electron chi connectivity index (χ2n) is 6.34. The van der Waals surface area contributed by atoms with Gasteiger partial charge >= 0.3 is 0 Å². The van der Waals surface area contributed by atoms with Gasteiger partial charge in [0.15, 0.2) is 0 Å². The van der Waals surface area contributed by atoms with Gasteiger partial charge in [-0.1, -0.05) is 36.4 Å². The van der Waals surface area contributed by atoms with E-state index < -0.39 is 0 Å². The van der Waals surface area contributed by atoms with Crippen LogP contribution >= 0.6 is 0 Å². The number of nitrogens with one attached hydrogen (secondary N) is 1. The Balaban J connectivity index is 1.88. The number of anilines is 1. The third kappa shape index (κ3) is 3.45. The molecule has 0 heterocycles. The van der Waals surface area contributed by atoms with E-state index in [2.05, 4.69) is 23.5 Å². The molecule has 3 heteroatoms. The van der Waals surface area contributed by atoms with Crippen LogP contribution < -0.4 is 5.32 Å². The van der Waals surface area contributed by atoms with Crippen molar-refractivity contribution in [2.24, 2.45) is 0 Å². The van der Waals surface area contributed by atoms with Crippen LogP contribution in [-0.2, 0) is 17.6 Å². The maximum Gasteiger partial charge on any atom is 0.249 e. The van der Waals surface area contributed by atoms with Crippen molar-refractivity contribution >= 4 is 11.6 Å². The second kappa shape index (κ2) is 7.52. The van der Waals surface area contributed by atoms with Crippen LogP contribution in [0.4, 0.5) is 5.69 Å². The molecule has 0 saturated heterocycles. The highest BCUT2D eigenvalue weighted by Gasteiger charge is 2.24. The number of hydrogen-bond donors (Lipinski definition) is 1. The van der Waals surface area contributed by atoms with Crippen LogP contribution in [0.5, 0.6) is 0 Å². The van der Waals surface area contributed by atoms with Crippen molar-refractivity contribution in [3.05, 3.63) is 65.2 Å². The third-order valence-corrected chi connectivity index (χ3v) is 4.86. The van der Waals surface area contributed by atoms with Crippen LogP contribution in [0, 0.1) is 0 Å². The fourth-order valence-electron chi connectivity index (χ4n) is 3.48. The molecule has 0 aliphatic heterocycles. The van der Waals surface area contributed by atoms with E-state index in [1.165, 1.54) is 24.0 Å². The van der Waals surface area contributed by atoms with Gasteiger partial charge in [0.25, 0.3) is 0 Å². The zero-order valence-corrected chi connectivity index (χ0v) is 14.6. The average molecular weight is 322 g/mol. The summed E-state index contributed by atoms with van der Waals surface area (Å²) in [5.41, 5.74) is 4.91. The predicted molar refractivity (Wildman–Crippen MR) is 99.2 cm³/mol. The van der Waals surface area contributed by atoms with Crippen LogP contribution in [0.15, 0.2) is 48.5 Å². The highest BCUT2D eigenvalue weighted by atomic mass is 16.2. The monoisotopic (exact) mass is 322 g/mol. The van der Waals surface area contributed by atoms with Gasteiger partial charge in [0.1, 0.15) is 6.04 Å². The normalized spacial score (nSPS) is 14.1. The SMILES string of the molecule is CCN(CC)C(=O)[C@H](Nc1ccc2c(c1)CCC2)c1ccccc1. The quantitative estimate of drug-likeness (QED) is 0.864. The smallest absolute Gasteiger partial charge is 0.249 e. The van der Waals surface area contributed by atoms with Gasteiger partial charge in [-0.15, -0.1) is 0 Å². The number of rotatable bonds is 6. The van der Waals surface area contributed by atoms with E-state index in [0.29, 0.717) is 0 Å². The predicted octanol–water partition coefficient (Wildman–Crippen LogP) is 4.20. The van der Waals surface area contributed by atoms with Crippen molar-refractivity contribution in [2.75, 3.05) is 18.4 Å². The fraction of sp³-hybridized carbons (Fsp3) is 0.381. The van der Waals surface area contributed by atoms with Gasteiger partial charge in [0, 0.05) is 18.8 Å². The summed E-state index contributed by atoms with van der Waals surface area (Å²) in [5, 5.41) is 3.48. The lowest BCUT2D eigenvalue weighted by atomic mass is 10.0. The first-order valence-electron chi connectivity index (χ1n) is 8.95. The number of carbonyl (C=O) groups excluding carboxylic acids is 1. The molecule has 1 N–H and O–H groups in total. The number of nitrogens with zero attached hydrogens (tertiary/aromatic N) is 1. The number of benzene rings is 2. The van der Waals surface area contributed by atoms with Crippen LogP contribution in [0.3, 0.4) is 0 Å². The molecule has 1 aliphatic rings. The van der Waals surface area contributed by atoms with Crippen LogP contribution in [0.1, 0.15) is 43.0 Å². The van der Waals surface area contributed by atoms with Gasteiger partial charge in [-0.25, -0.2) is 0 Å². The molecule has 3 nitrogen and oxygen atoms in total. The van der Waals surface area contributed by atoms with Crippen LogP contribution in [0.25, 0.3) is 0 Å². The van der Waals surface area contributed by atoms with Crippen molar-refractivity contribution in [3.8, 4) is 0 Å². The number of carbonyl (C=O) groups is 1. The largest absolute Gasteiger partial charge is 0.370 e. The van der Waals surface area contributed by atoms with E-state index in [-0.39, 0.29) is 11.9 Å². The summed E-state index contributed by atoms with van der Waals surface area (Å²) in [5.74, 6) is 0.131. The van der Waals surface area contributed by atoms with Crippen molar-refractivity contribution in [1.82, 2.24) is 4.90 Å². The van der Waals surface area contributed by atoms with Crippen molar-refractivity contribution in [3.63, 3.8) is 0 Å². The first kappa shape index (κ1) is 16.6. The Kier molecular flexibility index (Phi) is 5.19. The first-order chi connectivity index (χ1) is 11.7. The number of likely N-dealkylation sites (N-methyl/N-ethyl adjacent to an activating group) is 1. The lowest BCUT2D eigenvalue weighted by Crippen LogP contribution is -2.37. The summed E-state index contributed by atoms with van der Waals surface area (Å²) < 4.78 is 0. The van der Waals surface area contributed by atoms with E-state index in [9.17, 15) is 4.79 Å². The molecule has 1 amide bonds. The van der Waals surface area contributed by atoms with Crippen molar-refractivity contribution < 1.29 is 4.79 Å². The van der Waals surface area contributed by atoms with Gasteiger partial charge in [0.05, 0.1) is 0 Å². The lowest BCUT2D eigenvalue weighted by molar-refractivity contribution is -0.131. The Morgan fingerprint density at radius 3 is 2.46 bits per heavy atom. The number of amides is 1. The average Bonchev–Trinajstić information content (AvgIpc) is 3.09. The number of fused-ring (bicyclic) bond motifs is 1. The Morgan fingerprint density at radius 1 is 1.04 bits per heavy atom. The Hall–Kier alpha value is -2.29. The van der Waals surface area contributed by atoms with Gasteiger partial charge in [-0.3, -0.25) is 4.79 Å². The summed E-state index contributed by atoms with van der Waals surface area (Å²) in [6.07, 6.45) is 3.56. The second-order valence-corrected chi connectivity index (χ2v) is 6.34. The van der Waals surface area contributed by atoms with E-state index in [1.54, 1.807) is 0 Å². The molecular weight excluding hydrogens is 296 g/mol. The van der Waals surface area contributed by atoms with Gasteiger partial charge in [0.2, 0.25) is 5.91 Å². The maximum absolute atomic E-state index is 13.0. The topological polar surface area (TPSA) is 32.3 Å². The summed E-state index contributed by atoms with van der Waals surface area (Å²) in [4.78, 5) is 14.9. The van der Waals surface area contributed by atoms with E-state index in [4.69, 9.17) is 0 Å². The van der Waals surface area contributed by atoms with Crippen molar-refractivity contribution in [1.29, 1.82) is 0 Å². The van der Waals surface area contributed by atoms with E-state index in [1.807, 2.05) is 49.1 Å². The summed E-state index contributed by atoms with van der Waals surface area (Å²) >= 11 is 0. The molecule has 24 heavy (non-hydrogen) atoms. The van der Waals surface area contributed by atoms with Gasteiger partial charge < -0.3 is 10.2 Å². The van der Waals surface area contributed by atoms with E-state index >= 15 is 0 Å². The Labute approximate surface area is 144 Å². The molecule has 0 aromatic heterocycles. The Morgan fingerprint density at radius 2 is 1.75 bits per heavy atom. The standard InChI is InChI=1S/C21H26N2O/c1-3-23(4-2)21(24)20(17-9-6-5-7-10-17)22-19-14-13-16-11-8-12-18(16)15-19/h5-7,9-10,13-15,20,22H,3-4,8,11-12H2,1-2H3/t20-/m1/s1. The van der Waals surface area contributed by atoms with Crippen LogP contribution in [0.2, 0.25) is 0 Å². The fourth-order valence-corrected chi connectivity index (χ4v) is 3.48. The lowest BCUT2D eigenvalue weighted by Gasteiger charge is -2.27. The Bertz CT molecular complexity index is 692. The molecule has 0 bridgehead atoms. The molecular formula is C21H26N2O. The maximum atomic E-state index is 13.0. The van der Waals surface area contributed by atoms with Gasteiger partial charge in [-0.05, 0) is 61.9 Å². The molecule has 0 unspecified atom stereocenters. The van der Waals surface area contributed by atoms with Crippen molar-refractivity contribution in [2.45, 2.75) is 39.2 Å².